The zero-order chi connectivity index (χ0) is 22.0. The number of halogens is 1. The third-order valence-electron chi connectivity index (χ3n) is 4.49. The van der Waals surface area contributed by atoms with Gasteiger partial charge in [0.1, 0.15) is 5.75 Å². The summed E-state index contributed by atoms with van der Waals surface area (Å²) < 4.78 is 23.1. The Labute approximate surface area is 172 Å². The maximum absolute atomic E-state index is 12.6. The maximum Gasteiger partial charge on any atom is 0.323 e. The van der Waals surface area contributed by atoms with Gasteiger partial charge in [-0.2, -0.15) is 5.26 Å². The van der Waals surface area contributed by atoms with E-state index in [0.717, 1.165) is 0 Å². The molecule has 0 heterocycles. The topological polar surface area (TPSA) is 74.2 Å². The molecule has 0 radical (unpaired) electrons. The van der Waals surface area contributed by atoms with Crippen molar-refractivity contribution in [3.8, 4) is 11.8 Å². The van der Waals surface area contributed by atoms with Crippen LogP contribution in [0.25, 0.3) is 0 Å². The number of rotatable bonds is 4. The molecule has 0 aromatic heterocycles. The molecule has 2 N–H and O–H groups in total. The number of anilines is 2. The fraction of sp³-hybridized carbons (Fsp3) is 0.300. The van der Waals surface area contributed by atoms with E-state index in [4.69, 9.17) is 7.17 Å². The number of nitriles is 1. The van der Waals surface area contributed by atoms with Crippen LogP contribution >= 0.6 is 15.9 Å². The van der Waals surface area contributed by atoms with Crippen LogP contribution in [-0.4, -0.2) is 14.3 Å². The van der Waals surface area contributed by atoms with Crippen molar-refractivity contribution in [2.24, 2.45) is 0 Å². The monoisotopic (exact) mass is 449 g/mol. The van der Waals surface area contributed by atoms with Crippen LogP contribution in [0.1, 0.15) is 29.1 Å². The zero-order valence-electron chi connectivity index (χ0n) is 18.0. The molecule has 0 atom stereocenters. The smallest absolute Gasteiger partial charge is 0.323 e. The molecule has 2 amide bonds. The summed E-state index contributed by atoms with van der Waals surface area (Å²) >= 11 is 3.32. The minimum Gasteiger partial charge on any atom is -0.542 e. The number of nitrogens with one attached hydrogen (secondary N) is 2. The van der Waals surface area contributed by atoms with Crippen molar-refractivity contribution < 1.29 is 12.0 Å². The van der Waals surface area contributed by atoms with Crippen molar-refractivity contribution in [1.29, 1.82) is 5.26 Å². The number of para-hydroxylation sites is 1. The number of carbonyl (C=O) groups excluding carboxylic acids is 1. The molecule has 142 valence electrons. The van der Waals surface area contributed by atoms with Crippen LogP contribution in [0.15, 0.2) is 46.9 Å². The second-order valence-electron chi connectivity index (χ2n) is 7.57. The van der Waals surface area contributed by atoms with Gasteiger partial charge < -0.3 is 15.1 Å². The van der Waals surface area contributed by atoms with Gasteiger partial charge in [0.05, 0.1) is 25.7 Å². The summed E-state index contributed by atoms with van der Waals surface area (Å²) in [6, 6.07) is 9.44. The Bertz CT molecular complexity index is 965. The van der Waals surface area contributed by atoms with E-state index in [-0.39, 0.29) is 28.4 Å². The van der Waals surface area contributed by atoms with E-state index in [1.165, 1.54) is 6.07 Å². The lowest BCUT2D eigenvalue weighted by Gasteiger charge is -2.37. The Morgan fingerprint density at radius 1 is 1.22 bits per heavy atom. The molecule has 27 heavy (non-hydrogen) atoms. The highest BCUT2D eigenvalue weighted by atomic mass is 79.9. The summed E-state index contributed by atoms with van der Waals surface area (Å²) in [4.78, 5) is 12.6. The first-order chi connectivity index (χ1) is 13.4. The molecular weight excluding hydrogens is 422 g/mol. The van der Waals surface area contributed by atoms with E-state index >= 15 is 0 Å². The van der Waals surface area contributed by atoms with Gasteiger partial charge in [-0.05, 0) is 64.3 Å². The summed E-state index contributed by atoms with van der Waals surface area (Å²) in [6.07, 6.45) is 0. The van der Waals surface area contributed by atoms with Gasteiger partial charge in [-0.3, -0.25) is 0 Å². The van der Waals surface area contributed by atoms with E-state index in [2.05, 4.69) is 47.3 Å². The van der Waals surface area contributed by atoms with Gasteiger partial charge in [-0.25, -0.2) is 4.79 Å². The third-order valence-corrected chi connectivity index (χ3v) is 9.49. The normalized spacial score (nSPS) is 12.5. The van der Waals surface area contributed by atoms with Crippen molar-refractivity contribution in [1.82, 2.24) is 0 Å². The summed E-state index contributed by atoms with van der Waals surface area (Å²) in [6.45, 7) is 10.3. The second-order valence-corrected chi connectivity index (χ2v) is 13.2. The molecule has 0 aliphatic heterocycles. The van der Waals surface area contributed by atoms with Crippen LogP contribution < -0.4 is 15.1 Å². The molecule has 5 nitrogen and oxygen atoms in total. The average molecular weight is 450 g/mol. The largest absolute Gasteiger partial charge is 0.542 e. The SMILES string of the molecule is [3H]c1cccc(Br)c1NC(=O)Nc1c([3H])cc(C#N)cc1O[Si](C)(C)C(C)(C)C. The first-order valence-corrected chi connectivity index (χ1v) is 12.1. The molecule has 0 saturated carbocycles. The molecule has 2 aromatic carbocycles. The molecule has 0 spiro atoms. The van der Waals surface area contributed by atoms with Crippen molar-refractivity contribution in [3.63, 3.8) is 0 Å². The Kier molecular flexibility index (Phi) is 5.46. The van der Waals surface area contributed by atoms with Gasteiger partial charge in [0.2, 0.25) is 0 Å². The lowest BCUT2D eigenvalue weighted by molar-refractivity contribution is 0.262. The molecule has 0 bridgehead atoms. The number of carbonyl (C=O) groups is 1. The lowest BCUT2D eigenvalue weighted by Crippen LogP contribution is -2.44. The predicted octanol–water partition coefficient (Wildman–Crippen LogP) is 6.35. The lowest BCUT2D eigenvalue weighted by atomic mass is 10.2. The quantitative estimate of drug-likeness (QED) is 0.533. The molecule has 0 aliphatic rings. The molecule has 2 aromatic rings. The van der Waals surface area contributed by atoms with E-state index in [1.54, 1.807) is 24.3 Å². The van der Waals surface area contributed by atoms with Crippen LogP contribution in [0.4, 0.5) is 16.2 Å². The Balaban J connectivity index is 2.39. The molecule has 2 rings (SSSR count). The van der Waals surface area contributed by atoms with Gasteiger partial charge >= 0.3 is 6.03 Å². The van der Waals surface area contributed by atoms with Crippen LogP contribution in [0.2, 0.25) is 18.1 Å². The summed E-state index contributed by atoms with van der Waals surface area (Å²) in [5.41, 5.74) is 0.788. The highest BCUT2D eigenvalue weighted by Crippen LogP contribution is 2.39. The van der Waals surface area contributed by atoms with E-state index in [1.807, 2.05) is 19.2 Å². The molecule has 0 aliphatic carbocycles. The van der Waals surface area contributed by atoms with E-state index < -0.39 is 14.3 Å². The summed E-state index contributed by atoms with van der Waals surface area (Å²) in [7, 11) is -2.28. The number of urea groups is 1. The molecule has 7 heteroatoms. The maximum atomic E-state index is 12.6. The molecule has 0 fully saturated rings. The van der Waals surface area contributed by atoms with Gasteiger partial charge in [0.15, 0.2) is 0 Å². The first kappa shape index (κ1) is 18.1. The Morgan fingerprint density at radius 3 is 2.48 bits per heavy atom. The van der Waals surface area contributed by atoms with Crippen molar-refractivity contribution in [2.45, 2.75) is 38.9 Å². The fourth-order valence-corrected chi connectivity index (χ4v) is 3.30. The Hall–Kier alpha value is -2.30. The predicted molar refractivity (Wildman–Crippen MR) is 116 cm³/mol. The highest BCUT2D eigenvalue weighted by Gasteiger charge is 2.39. The van der Waals surface area contributed by atoms with Crippen molar-refractivity contribution in [3.05, 3.63) is 52.5 Å². The molecular formula is C20H24BrN3O2Si. The highest BCUT2D eigenvalue weighted by molar-refractivity contribution is 9.10. The van der Waals surface area contributed by atoms with Gasteiger partial charge in [-0.15, -0.1) is 0 Å². The van der Waals surface area contributed by atoms with Crippen LogP contribution in [0.5, 0.6) is 5.75 Å². The number of amides is 2. The third kappa shape index (κ3) is 5.34. The van der Waals surface area contributed by atoms with Crippen LogP contribution in [-0.2, 0) is 0 Å². The Morgan fingerprint density at radius 2 is 1.89 bits per heavy atom. The van der Waals surface area contributed by atoms with Crippen LogP contribution in [0.3, 0.4) is 0 Å². The average Bonchev–Trinajstić information content (AvgIpc) is 2.59. The van der Waals surface area contributed by atoms with Gasteiger partial charge in [-0.1, -0.05) is 32.9 Å². The van der Waals surface area contributed by atoms with E-state index in [0.29, 0.717) is 15.9 Å². The van der Waals surface area contributed by atoms with Crippen molar-refractivity contribution >= 4 is 41.7 Å². The van der Waals surface area contributed by atoms with Crippen molar-refractivity contribution in [2.75, 3.05) is 10.6 Å². The van der Waals surface area contributed by atoms with E-state index in [9.17, 15) is 10.1 Å². The second kappa shape index (κ2) is 8.15. The molecule has 0 unspecified atom stereocenters. The van der Waals surface area contributed by atoms with Gasteiger partial charge in [0, 0.05) is 4.47 Å². The minimum absolute atomic E-state index is 0.0221. The van der Waals surface area contributed by atoms with Gasteiger partial charge in [0.25, 0.3) is 8.32 Å². The standard InChI is InChI=1S/C20H24BrN3O2Si/c1-20(2,3)27(4,5)26-18-12-14(13-22)10-11-17(18)24-19(25)23-16-9-7-6-8-15(16)21/h6-12H,1-5H3,(H2,23,24,25)/i9T,11T. The summed E-state index contributed by atoms with van der Waals surface area (Å²) in [5.74, 6) is 0.300. The van der Waals surface area contributed by atoms with Crippen LogP contribution in [0, 0.1) is 11.3 Å². The zero-order valence-corrected chi connectivity index (χ0v) is 18.6. The summed E-state index contributed by atoms with van der Waals surface area (Å²) in [5, 5.41) is 14.4. The first-order valence-electron chi connectivity index (χ1n) is 9.42. The number of hydrogen-bond donors (Lipinski definition) is 2. The fourth-order valence-electron chi connectivity index (χ4n) is 1.92. The molecule has 0 saturated heterocycles. The number of nitrogens with zero attached hydrogens (tertiary/aromatic N) is 1. The minimum atomic E-state index is -2.28. The number of benzene rings is 2. The number of hydrogen-bond acceptors (Lipinski definition) is 3.